The van der Waals surface area contributed by atoms with E-state index < -0.39 is 0 Å². The molecule has 0 atom stereocenters. The first-order chi connectivity index (χ1) is 10.3. The Hall–Kier alpha value is -1.43. The second-order valence-electron chi connectivity index (χ2n) is 5.64. The third-order valence-electron chi connectivity index (χ3n) is 2.56. The van der Waals surface area contributed by atoms with Gasteiger partial charge in [-0.2, -0.15) is 11.3 Å². The highest BCUT2D eigenvalue weighted by Gasteiger charge is 2.10. The molecule has 0 aliphatic heterocycles. The molecule has 2 aromatic rings. The second kappa shape index (κ2) is 7.22. The summed E-state index contributed by atoms with van der Waals surface area (Å²) < 4.78 is 0. The van der Waals surface area contributed by atoms with Crippen LogP contribution in [0.4, 0.5) is 5.69 Å². The largest absolute Gasteiger partial charge is 0.390 e. The van der Waals surface area contributed by atoms with Crippen LogP contribution in [0.15, 0.2) is 40.2 Å². The van der Waals surface area contributed by atoms with Gasteiger partial charge in [0.15, 0.2) is 0 Å². The zero-order valence-electron chi connectivity index (χ0n) is 12.6. The van der Waals surface area contributed by atoms with Crippen molar-refractivity contribution in [3.63, 3.8) is 0 Å². The molecule has 0 saturated carbocycles. The van der Waals surface area contributed by atoms with Gasteiger partial charge in [0.1, 0.15) is 10.6 Å². The van der Waals surface area contributed by atoms with E-state index in [-0.39, 0.29) is 5.60 Å². The Kier molecular flexibility index (Phi) is 5.56. The molecule has 0 saturated heterocycles. The maximum Gasteiger partial charge on any atom is 0.129 e. The fourth-order valence-electron chi connectivity index (χ4n) is 1.56. The third-order valence-corrected chi connectivity index (χ3v) is 3.92. The fourth-order valence-corrected chi connectivity index (χ4v) is 2.69. The lowest BCUT2D eigenvalue weighted by molar-refractivity contribution is 0.00199. The molecule has 0 radical (unpaired) electrons. The van der Waals surface area contributed by atoms with Gasteiger partial charge < -0.3 is 10.2 Å². The van der Waals surface area contributed by atoms with Gasteiger partial charge in [0.25, 0.3) is 0 Å². The van der Waals surface area contributed by atoms with Crippen LogP contribution in [0.3, 0.4) is 0 Å². The highest BCUT2D eigenvalue weighted by Crippen LogP contribution is 2.20. The number of thiophene rings is 1. The van der Waals surface area contributed by atoms with Crippen molar-refractivity contribution in [3.05, 3.63) is 51.2 Å². The standard InChI is InChI=1S/C16H17ClN2OS2/c1-16(2,3)20-18-9-12-8-13(4-5-14(12)17)19-15(21)11-6-7-22-10-11/h4-10H,1-3H3,(H,19,21)/b18-9+. The highest BCUT2D eigenvalue weighted by atomic mass is 35.5. The van der Waals surface area contributed by atoms with Gasteiger partial charge in [-0.25, -0.2) is 0 Å². The van der Waals surface area contributed by atoms with Crippen LogP contribution in [-0.2, 0) is 4.84 Å². The van der Waals surface area contributed by atoms with Gasteiger partial charge >= 0.3 is 0 Å². The first kappa shape index (κ1) is 16.9. The fraction of sp³-hybridized carbons (Fsp3) is 0.250. The van der Waals surface area contributed by atoms with E-state index in [9.17, 15) is 0 Å². The summed E-state index contributed by atoms with van der Waals surface area (Å²) in [6.45, 7) is 5.80. The Labute approximate surface area is 144 Å². The summed E-state index contributed by atoms with van der Waals surface area (Å²) in [6.07, 6.45) is 1.60. The minimum Gasteiger partial charge on any atom is -0.390 e. The number of rotatable bonds is 4. The van der Waals surface area contributed by atoms with E-state index >= 15 is 0 Å². The van der Waals surface area contributed by atoms with Gasteiger partial charge in [-0.05, 0) is 50.4 Å². The summed E-state index contributed by atoms with van der Waals surface area (Å²) in [5.41, 5.74) is 2.29. The molecule has 0 spiro atoms. The quantitative estimate of drug-likeness (QED) is 0.458. The topological polar surface area (TPSA) is 33.6 Å². The van der Waals surface area contributed by atoms with Gasteiger partial charge in [-0.1, -0.05) is 29.0 Å². The van der Waals surface area contributed by atoms with Crippen molar-refractivity contribution >= 4 is 52.0 Å². The summed E-state index contributed by atoms with van der Waals surface area (Å²) in [5.74, 6) is 0. The van der Waals surface area contributed by atoms with Crippen molar-refractivity contribution in [2.75, 3.05) is 5.32 Å². The monoisotopic (exact) mass is 352 g/mol. The van der Waals surface area contributed by atoms with Gasteiger partial charge in [0.05, 0.1) is 6.21 Å². The molecule has 0 fully saturated rings. The molecule has 1 N–H and O–H groups in total. The molecule has 3 nitrogen and oxygen atoms in total. The van der Waals surface area contributed by atoms with Crippen LogP contribution in [0.25, 0.3) is 0 Å². The lowest BCUT2D eigenvalue weighted by Crippen LogP contribution is -2.15. The van der Waals surface area contributed by atoms with Crippen molar-refractivity contribution in [1.29, 1.82) is 0 Å². The van der Waals surface area contributed by atoms with Gasteiger partial charge in [-0.3, -0.25) is 0 Å². The number of nitrogens with one attached hydrogen (secondary N) is 1. The Balaban J connectivity index is 2.11. The van der Waals surface area contributed by atoms with E-state index in [2.05, 4.69) is 10.5 Å². The summed E-state index contributed by atoms with van der Waals surface area (Å²) in [4.78, 5) is 6.01. The normalized spacial score (nSPS) is 11.6. The molecule has 6 heteroatoms. The molecular formula is C16H17ClN2OS2. The van der Waals surface area contributed by atoms with Crippen molar-refractivity contribution in [1.82, 2.24) is 0 Å². The number of nitrogens with zero attached hydrogens (tertiary/aromatic N) is 1. The maximum absolute atomic E-state index is 6.18. The zero-order chi connectivity index (χ0) is 16.2. The highest BCUT2D eigenvalue weighted by molar-refractivity contribution is 7.81. The number of anilines is 1. The van der Waals surface area contributed by atoms with Crippen molar-refractivity contribution in [3.8, 4) is 0 Å². The number of oxime groups is 1. The molecular weight excluding hydrogens is 336 g/mol. The summed E-state index contributed by atoms with van der Waals surface area (Å²) in [7, 11) is 0. The van der Waals surface area contributed by atoms with Crippen LogP contribution in [-0.4, -0.2) is 16.8 Å². The molecule has 2 rings (SSSR count). The Morgan fingerprint density at radius 3 is 2.77 bits per heavy atom. The minimum atomic E-state index is -0.334. The third kappa shape index (κ3) is 5.09. The second-order valence-corrected chi connectivity index (χ2v) is 7.24. The maximum atomic E-state index is 6.18. The first-order valence-electron chi connectivity index (χ1n) is 6.70. The number of hydrogen-bond donors (Lipinski definition) is 1. The lowest BCUT2D eigenvalue weighted by Gasteiger charge is -2.15. The van der Waals surface area contributed by atoms with Crippen LogP contribution in [0, 0.1) is 0 Å². The van der Waals surface area contributed by atoms with E-state index in [4.69, 9.17) is 28.7 Å². The average molecular weight is 353 g/mol. The molecule has 22 heavy (non-hydrogen) atoms. The van der Waals surface area contributed by atoms with E-state index in [0.717, 1.165) is 16.8 Å². The van der Waals surface area contributed by atoms with Crippen LogP contribution in [0.1, 0.15) is 31.9 Å². The predicted octanol–water partition coefficient (Wildman–Crippen LogP) is 5.34. The Morgan fingerprint density at radius 2 is 2.14 bits per heavy atom. The van der Waals surface area contributed by atoms with E-state index in [0.29, 0.717) is 10.0 Å². The number of hydrogen-bond acceptors (Lipinski definition) is 4. The summed E-state index contributed by atoms with van der Waals surface area (Å²) in [6, 6.07) is 7.55. The van der Waals surface area contributed by atoms with Crippen molar-refractivity contribution in [2.24, 2.45) is 5.16 Å². The lowest BCUT2D eigenvalue weighted by atomic mass is 10.2. The molecule has 1 heterocycles. The molecule has 0 aliphatic rings. The average Bonchev–Trinajstić information content (AvgIpc) is 2.95. The smallest absolute Gasteiger partial charge is 0.129 e. The van der Waals surface area contributed by atoms with Crippen molar-refractivity contribution in [2.45, 2.75) is 26.4 Å². The number of thiocarbonyl (C=S) groups is 1. The molecule has 1 aromatic heterocycles. The van der Waals surface area contributed by atoms with Crippen molar-refractivity contribution < 1.29 is 4.84 Å². The van der Waals surface area contributed by atoms with Crippen LogP contribution in [0.5, 0.6) is 0 Å². The molecule has 0 bridgehead atoms. The van der Waals surface area contributed by atoms with Gasteiger partial charge in [-0.15, -0.1) is 0 Å². The molecule has 1 aromatic carbocycles. The SMILES string of the molecule is CC(C)(C)O/N=C/c1cc(NC(=S)c2ccsc2)ccc1Cl. The van der Waals surface area contributed by atoms with E-state index in [1.54, 1.807) is 23.6 Å². The molecule has 0 unspecified atom stereocenters. The molecule has 0 amide bonds. The number of halogens is 1. The molecule has 0 aliphatic carbocycles. The first-order valence-corrected chi connectivity index (χ1v) is 8.43. The van der Waals surface area contributed by atoms with Gasteiger partial charge in [0, 0.05) is 27.2 Å². The van der Waals surface area contributed by atoms with Crippen LogP contribution < -0.4 is 5.32 Å². The zero-order valence-corrected chi connectivity index (χ0v) is 15.0. The molecule has 116 valence electrons. The van der Waals surface area contributed by atoms with Crippen LogP contribution >= 0.6 is 35.2 Å². The van der Waals surface area contributed by atoms with Gasteiger partial charge in [0.2, 0.25) is 0 Å². The van der Waals surface area contributed by atoms with E-state index in [1.165, 1.54) is 0 Å². The van der Waals surface area contributed by atoms with Crippen LogP contribution in [0.2, 0.25) is 5.02 Å². The summed E-state index contributed by atoms with van der Waals surface area (Å²) >= 11 is 13.2. The predicted molar refractivity (Wildman–Crippen MR) is 99.5 cm³/mol. The number of benzene rings is 1. The van der Waals surface area contributed by atoms with E-state index in [1.807, 2.05) is 49.7 Å². The minimum absolute atomic E-state index is 0.334. The Bertz CT molecular complexity index is 676. The Morgan fingerprint density at radius 1 is 1.36 bits per heavy atom. The summed E-state index contributed by atoms with van der Waals surface area (Å²) in [5, 5.41) is 11.8.